The highest BCUT2D eigenvalue weighted by Crippen LogP contribution is 2.18. The lowest BCUT2D eigenvalue weighted by molar-refractivity contribution is -0.167. The Morgan fingerprint density at radius 2 is 0.594 bits per heavy atom. The molecule has 0 spiro atoms. The maximum absolute atomic E-state index is 12.8. The van der Waals surface area contributed by atoms with Crippen molar-refractivity contribution in [1.82, 2.24) is 0 Å². The zero-order valence-electron chi connectivity index (χ0n) is 43.9. The van der Waals surface area contributed by atoms with Gasteiger partial charge in [-0.2, -0.15) is 0 Å². The Morgan fingerprint density at radius 3 is 0.891 bits per heavy atom. The Balaban J connectivity index is 4.19. The first kappa shape index (κ1) is 62.4. The van der Waals surface area contributed by atoms with E-state index in [-0.39, 0.29) is 31.1 Å². The molecule has 64 heavy (non-hydrogen) atoms. The van der Waals surface area contributed by atoms with Crippen molar-refractivity contribution in [2.24, 2.45) is 11.8 Å². The number of carbonyl (C=O) groups is 3. The van der Waals surface area contributed by atoms with Crippen LogP contribution in [-0.4, -0.2) is 37.2 Å². The van der Waals surface area contributed by atoms with Crippen molar-refractivity contribution in [3.63, 3.8) is 0 Å². The second kappa shape index (κ2) is 50.8. The van der Waals surface area contributed by atoms with E-state index in [1.165, 1.54) is 212 Å². The number of hydrogen-bond donors (Lipinski definition) is 0. The molecule has 0 aromatic heterocycles. The number of rotatable bonds is 52. The molecule has 0 amide bonds. The van der Waals surface area contributed by atoms with Crippen LogP contribution in [0.2, 0.25) is 0 Å². The number of ether oxygens (including phenoxy) is 3. The first-order valence-corrected chi connectivity index (χ1v) is 28.8. The average molecular weight is 906 g/mol. The summed E-state index contributed by atoms with van der Waals surface area (Å²) >= 11 is 0. The van der Waals surface area contributed by atoms with Crippen LogP contribution in [0, 0.1) is 11.8 Å². The fourth-order valence-electron chi connectivity index (χ4n) is 8.84. The largest absolute Gasteiger partial charge is 0.462 e. The predicted octanol–water partition coefficient (Wildman–Crippen LogP) is 18.9. The van der Waals surface area contributed by atoms with Gasteiger partial charge >= 0.3 is 17.9 Å². The highest BCUT2D eigenvalue weighted by molar-refractivity contribution is 5.71. The molecule has 2 atom stereocenters. The minimum absolute atomic E-state index is 0.0638. The molecule has 0 saturated heterocycles. The van der Waals surface area contributed by atoms with Gasteiger partial charge in [-0.1, -0.05) is 285 Å². The van der Waals surface area contributed by atoms with Crippen LogP contribution in [0.1, 0.15) is 324 Å². The summed E-state index contributed by atoms with van der Waals surface area (Å²) in [6.45, 7) is 11.4. The lowest BCUT2D eigenvalue weighted by Gasteiger charge is -2.18. The van der Waals surface area contributed by atoms with Gasteiger partial charge in [0.25, 0.3) is 0 Å². The first-order chi connectivity index (χ1) is 31.3. The highest BCUT2D eigenvalue weighted by Gasteiger charge is 2.19. The summed E-state index contributed by atoms with van der Waals surface area (Å²) in [5.74, 6) is 0.824. The van der Waals surface area contributed by atoms with E-state index in [1.807, 2.05) is 0 Å². The van der Waals surface area contributed by atoms with Crippen LogP contribution in [-0.2, 0) is 28.6 Å². The third kappa shape index (κ3) is 49.8. The average Bonchev–Trinajstić information content (AvgIpc) is 3.28. The second-order valence-corrected chi connectivity index (χ2v) is 20.6. The minimum atomic E-state index is -0.763. The number of unbranched alkanes of at least 4 members (excludes halogenated alkanes) is 36. The summed E-state index contributed by atoms with van der Waals surface area (Å²) < 4.78 is 16.9. The molecule has 0 bridgehead atoms. The fourth-order valence-corrected chi connectivity index (χ4v) is 8.84. The van der Waals surface area contributed by atoms with Gasteiger partial charge in [-0.15, -0.1) is 0 Å². The summed E-state index contributed by atoms with van der Waals surface area (Å²) in [6, 6.07) is 0. The van der Waals surface area contributed by atoms with Crippen molar-refractivity contribution in [3.05, 3.63) is 0 Å². The molecule has 0 aliphatic carbocycles. The van der Waals surface area contributed by atoms with Gasteiger partial charge in [0.15, 0.2) is 6.10 Å². The maximum atomic E-state index is 12.8. The lowest BCUT2D eigenvalue weighted by Crippen LogP contribution is -2.30. The molecule has 0 heterocycles. The van der Waals surface area contributed by atoms with Gasteiger partial charge in [-0.3, -0.25) is 14.4 Å². The van der Waals surface area contributed by atoms with E-state index in [1.54, 1.807) is 0 Å². The second-order valence-electron chi connectivity index (χ2n) is 20.6. The van der Waals surface area contributed by atoms with Gasteiger partial charge in [0, 0.05) is 19.3 Å². The van der Waals surface area contributed by atoms with Crippen molar-refractivity contribution in [2.75, 3.05) is 13.2 Å². The molecule has 0 fully saturated rings. The Kier molecular flexibility index (Phi) is 49.6. The van der Waals surface area contributed by atoms with E-state index < -0.39 is 6.10 Å². The molecule has 0 radical (unpaired) electrons. The van der Waals surface area contributed by atoms with E-state index in [0.717, 1.165) is 69.6 Å². The van der Waals surface area contributed by atoms with Gasteiger partial charge < -0.3 is 14.2 Å². The van der Waals surface area contributed by atoms with Crippen LogP contribution in [0.5, 0.6) is 0 Å². The smallest absolute Gasteiger partial charge is 0.306 e. The van der Waals surface area contributed by atoms with Crippen molar-refractivity contribution in [2.45, 2.75) is 330 Å². The Hall–Kier alpha value is -1.59. The van der Waals surface area contributed by atoms with E-state index >= 15 is 0 Å². The fraction of sp³-hybridized carbons (Fsp3) is 0.948. The molecule has 380 valence electrons. The van der Waals surface area contributed by atoms with Gasteiger partial charge in [-0.05, 0) is 31.1 Å². The lowest BCUT2D eigenvalue weighted by atomic mass is 10.00. The molecule has 1 unspecified atom stereocenters. The number of esters is 3. The maximum Gasteiger partial charge on any atom is 0.306 e. The quantitative estimate of drug-likeness (QED) is 0.0344. The number of carbonyl (C=O) groups excluding carboxylic acids is 3. The van der Waals surface area contributed by atoms with E-state index in [9.17, 15) is 14.4 Å². The Morgan fingerprint density at radius 1 is 0.328 bits per heavy atom. The van der Waals surface area contributed by atoms with Gasteiger partial charge in [0.2, 0.25) is 0 Å². The van der Waals surface area contributed by atoms with Crippen molar-refractivity contribution < 1.29 is 28.6 Å². The number of hydrogen-bond acceptors (Lipinski definition) is 6. The summed E-state index contributed by atoms with van der Waals surface area (Å²) in [6.07, 6.45) is 53.9. The molecule has 0 aliphatic heterocycles. The SMILES string of the molecule is CCCCCCCCCCCCCCCCCC(=O)OC[C@@H](COC(=O)CCCCCCCCCCCCCCCCCCCCC(C)C)OC(=O)CCCCCCCCC(C)CC. The summed E-state index contributed by atoms with van der Waals surface area (Å²) in [5, 5.41) is 0. The Bertz CT molecular complexity index is 980. The van der Waals surface area contributed by atoms with Crippen molar-refractivity contribution >= 4 is 17.9 Å². The van der Waals surface area contributed by atoms with Crippen LogP contribution in [0.4, 0.5) is 0 Å². The molecular formula is C58H112O6. The molecule has 0 aliphatic rings. The molecule has 0 aromatic carbocycles. The highest BCUT2D eigenvalue weighted by atomic mass is 16.6. The first-order valence-electron chi connectivity index (χ1n) is 28.8. The molecule has 0 N–H and O–H groups in total. The summed E-state index contributed by atoms with van der Waals surface area (Å²) in [5.41, 5.74) is 0. The van der Waals surface area contributed by atoms with E-state index in [0.29, 0.717) is 19.3 Å². The molecule has 6 heteroatoms. The minimum Gasteiger partial charge on any atom is -0.462 e. The van der Waals surface area contributed by atoms with Crippen molar-refractivity contribution in [3.8, 4) is 0 Å². The third-order valence-corrected chi connectivity index (χ3v) is 13.6. The summed E-state index contributed by atoms with van der Waals surface area (Å²) in [4.78, 5) is 38.0. The standard InChI is InChI=1S/C58H112O6/c1-6-8-9-10-11-12-13-14-19-23-26-29-32-38-43-48-56(59)62-51-55(64-58(61)50-45-40-35-34-37-42-47-54(5)7-2)52-63-57(60)49-44-39-33-30-27-24-21-18-16-15-17-20-22-25-28-31-36-41-46-53(3)4/h53-55H,6-52H2,1-5H3/t54?,55-/m0/s1. The monoisotopic (exact) mass is 905 g/mol. The van der Waals surface area contributed by atoms with Crippen LogP contribution in [0.3, 0.4) is 0 Å². The molecule has 6 nitrogen and oxygen atoms in total. The van der Waals surface area contributed by atoms with Crippen LogP contribution < -0.4 is 0 Å². The Labute approximate surface area is 399 Å². The summed E-state index contributed by atoms with van der Waals surface area (Å²) in [7, 11) is 0. The zero-order chi connectivity index (χ0) is 46.8. The topological polar surface area (TPSA) is 78.9 Å². The van der Waals surface area contributed by atoms with Gasteiger partial charge in [-0.25, -0.2) is 0 Å². The predicted molar refractivity (Wildman–Crippen MR) is 275 cm³/mol. The normalized spacial score (nSPS) is 12.5. The zero-order valence-corrected chi connectivity index (χ0v) is 43.9. The van der Waals surface area contributed by atoms with Gasteiger partial charge in [0.1, 0.15) is 13.2 Å². The van der Waals surface area contributed by atoms with E-state index in [2.05, 4.69) is 34.6 Å². The third-order valence-electron chi connectivity index (χ3n) is 13.6. The van der Waals surface area contributed by atoms with Crippen LogP contribution in [0.25, 0.3) is 0 Å². The molecular weight excluding hydrogens is 793 g/mol. The van der Waals surface area contributed by atoms with Crippen LogP contribution in [0.15, 0.2) is 0 Å². The van der Waals surface area contributed by atoms with E-state index in [4.69, 9.17) is 14.2 Å². The molecule has 0 saturated carbocycles. The van der Waals surface area contributed by atoms with Crippen LogP contribution >= 0.6 is 0 Å². The molecule has 0 aromatic rings. The van der Waals surface area contributed by atoms with Crippen molar-refractivity contribution in [1.29, 1.82) is 0 Å². The molecule has 0 rings (SSSR count). The van der Waals surface area contributed by atoms with Gasteiger partial charge in [0.05, 0.1) is 0 Å².